The molecule has 0 spiro atoms. The molecular weight excluding hydrogens is 278 g/mol. The number of carboxylic acid groups (broad SMARTS) is 1. The van der Waals surface area contributed by atoms with Crippen LogP contribution in [0.25, 0.3) is 6.08 Å². The number of carboxylic acids is 1. The molecule has 0 fully saturated rings. The van der Waals surface area contributed by atoms with E-state index in [2.05, 4.69) is 0 Å². The van der Waals surface area contributed by atoms with E-state index >= 15 is 0 Å². The van der Waals surface area contributed by atoms with Gasteiger partial charge in [-0.1, -0.05) is 25.5 Å². The van der Waals surface area contributed by atoms with Gasteiger partial charge in [0.15, 0.2) is 0 Å². The van der Waals surface area contributed by atoms with Crippen LogP contribution in [0, 0.1) is 0 Å². The summed E-state index contributed by atoms with van der Waals surface area (Å²) in [6.07, 6.45) is 4.06. The molecule has 1 aromatic carbocycles. The van der Waals surface area contributed by atoms with E-state index in [4.69, 9.17) is 5.11 Å². The number of rotatable bonds is 7. The summed E-state index contributed by atoms with van der Waals surface area (Å²) in [5.74, 6) is -1.07. The number of aliphatic carboxylic acids is 1. The Kier molecular flexibility index (Phi) is 5.91. The number of nitrogens with zero attached hydrogens (tertiary/aromatic N) is 1. The molecule has 0 saturated carbocycles. The summed E-state index contributed by atoms with van der Waals surface area (Å²) in [5, 5.41) is 8.58. The molecule has 0 amide bonds. The monoisotopic (exact) mass is 297 g/mol. The average molecular weight is 297 g/mol. The van der Waals surface area contributed by atoms with E-state index in [1.165, 1.54) is 22.5 Å². The van der Waals surface area contributed by atoms with Crippen LogP contribution in [0.4, 0.5) is 0 Å². The summed E-state index contributed by atoms with van der Waals surface area (Å²) >= 11 is 0. The highest BCUT2D eigenvalue weighted by atomic mass is 32.2. The second kappa shape index (κ2) is 7.21. The van der Waals surface area contributed by atoms with Gasteiger partial charge >= 0.3 is 5.97 Å². The smallest absolute Gasteiger partial charge is 0.328 e. The lowest BCUT2D eigenvalue weighted by molar-refractivity contribution is -0.131. The number of sulfonamides is 1. The van der Waals surface area contributed by atoms with Crippen molar-refractivity contribution >= 4 is 22.1 Å². The van der Waals surface area contributed by atoms with Crippen LogP contribution < -0.4 is 0 Å². The largest absolute Gasteiger partial charge is 0.478 e. The van der Waals surface area contributed by atoms with Gasteiger partial charge in [-0.2, -0.15) is 0 Å². The van der Waals surface area contributed by atoms with Crippen LogP contribution in [-0.4, -0.2) is 37.4 Å². The van der Waals surface area contributed by atoms with Gasteiger partial charge < -0.3 is 5.11 Å². The predicted molar refractivity (Wildman–Crippen MR) is 77.8 cm³/mol. The molecule has 5 nitrogen and oxygen atoms in total. The summed E-state index contributed by atoms with van der Waals surface area (Å²) in [7, 11) is -1.97. The van der Waals surface area contributed by atoms with Crippen molar-refractivity contribution in [2.75, 3.05) is 13.6 Å². The summed E-state index contributed by atoms with van der Waals surface area (Å²) in [4.78, 5) is 10.6. The molecule has 6 heteroatoms. The molecule has 20 heavy (non-hydrogen) atoms. The van der Waals surface area contributed by atoms with Gasteiger partial charge in [0.2, 0.25) is 10.0 Å². The van der Waals surface area contributed by atoms with E-state index in [1.807, 2.05) is 6.92 Å². The third-order valence-corrected chi connectivity index (χ3v) is 4.66. The van der Waals surface area contributed by atoms with Crippen LogP contribution in [0.2, 0.25) is 0 Å². The molecule has 0 heterocycles. The van der Waals surface area contributed by atoms with Crippen LogP contribution in [0.1, 0.15) is 25.3 Å². The first-order valence-electron chi connectivity index (χ1n) is 6.35. The van der Waals surface area contributed by atoms with Crippen LogP contribution in [0.5, 0.6) is 0 Å². The Labute approximate surface area is 119 Å². The van der Waals surface area contributed by atoms with Crippen LogP contribution in [-0.2, 0) is 14.8 Å². The van der Waals surface area contributed by atoms with Crippen LogP contribution in [0.15, 0.2) is 35.2 Å². The van der Waals surface area contributed by atoms with E-state index in [-0.39, 0.29) is 4.90 Å². The van der Waals surface area contributed by atoms with E-state index < -0.39 is 16.0 Å². The minimum atomic E-state index is -3.52. The summed E-state index contributed by atoms with van der Waals surface area (Å²) < 4.78 is 25.9. The normalized spacial score (nSPS) is 12.2. The molecule has 0 aliphatic heterocycles. The Hall–Kier alpha value is -1.66. The molecule has 1 rings (SSSR count). The molecule has 1 N–H and O–H groups in total. The molecule has 0 aromatic heterocycles. The Morgan fingerprint density at radius 2 is 2.10 bits per heavy atom. The zero-order valence-electron chi connectivity index (χ0n) is 11.6. The lowest BCUT2D eigenvalue weighted by Crippen LogP contribution is -2.27. The second-order valence-electron chi connectivity index (χ2n) is 4.42. The van der Waals surface area contributed by atoms with Gasteiger partial charge in [-0.25, -0.2) is 17.5 Å². The zero-order chi connectivity index (χ0) is 15.2. The predicted octanol–water partition coefficient (Wildman–Crippen LogP) is 2.21. The van der Waals surface area contributed by atoms with Crippen molar-refractivity contribution in [3.63, 3.8) is 0 Å². The highest BCUT2D eigenvalue weighted by molar-refractivity contribution is 7.89. The highest BCUT2D eigenvalue weighted by Gasteiger charge is 2.19. The Balaban J connectivity index is 3.01. The number of hydrogen-bond acceptors (Lipinski definition) is 3. The number of carbonyl (C=O) groups is 1. The van der Waals surface area contributed by atoms with Crippen LogP contribution in [0.3, 0.4) is 0 Å². The highest BCUT2D eigenvalue weighted by Crippen LogP contribution is 2.17. The maximum atomic E-state index is 12.3. The standard InChI is InChI=1S/C14H19NO4S/c1-3-4-10-15(2)20(18,19)13-7-5-6-12(11-13)8-9-14(16)17/h5-9,11H,3-4,10H2,1-2H3,(H,16,17). The Morgan fingerprint density at radius 1 is 1.40 bits per heavy atom. The fourth-order valence-electron chi connectivity index (χ4n) is 1.63. The molecule has 110 valence electrons. The van der Waals surface area contributed by atoms with E-state index in [1.54, 1.807) is 19.2 Å². The van der Waals surface area contributed by atoms with Crippen molar-refractivity contribution in [1.29, 1.82) is 0 Å². The fourth-order valence-corrected chi connectivity index (χ4v) is 2.89. The summed E-state index contributed by atoms with van der Waals surface area (Å²) in [6.45, 7) is 2.46. The molecule has 0 unspecified atom stereocenters. The van der Waals surface area contributed by atoms with Crippen molar-refractivity contribution < 1.29 is 18.3 Å². The molecule has 0 radical (unpaired) electrons. The van der Waals surface area contributed by atoms with Gasteiger partial charge in [-0.3, -0.25) is 0 Å². The topological polar surface area (TPSA) is 74.7 Å². The van der Waals surface area contributed by atoms with Crippen molar-refractivity contribution in [3.05, 3.63) is 35.9 Å². The Morgan fingerprint density at radius 3 is 2.70 bits per heavy atom. The fraction of sp³-hybridized carbons (Fsp3) is 0.357. The van der Waals surface area contributed by atoms with E-state index in [9.17, 15) is 13.2 Å². The molecule has 0 aliphatic rings. The van der Waals surface area contributed by atoms with E-state index in [0.717, 1.165) is 18.9 Å². The first-order valence-corrected chi connectivity index (χ1v) is 7.79. The SMILES string of the molecule is CCCCN(C)S(=O)(=O)c1cccc(C=CC(=O)O)c1. The number of hydrogen-bond donors (Lipinski definition) is 1. The maximum Gasteiger partial charge on any atom is 0.328 e. The first kappa shape index (κ1) is 16.4. The van der Waals surface area contributed by atoms with E-state index in [0.29, 0.717) is 12.1 Å². The molecule has 0 atom stereocenters. The summed E-state index contributed by atoms with van der Waals surface area (Å²) in [6, 6.07) is 6.24. The lowest BCUT2D eigenvalue weighted by atomic mass is 10.2. The van der Waals surface area contributed by atoms with Crippen molar-refractivity contribution in [1.82, 2.24) is 4.31 Å². The van der Waals surface area contributed by atoms with Gasteiger partial charge in [0.25, 0.3) is 0 Å². The molecule has 0 saturated heterocycles. The number of benzene rings is 1. The molecule has 0 bridgehead atoms. The third kappa shape index (κ3) is 4.47. The minimum Gasteiger partial charge on any atom is -0.478 e. The van der Waals surface area contributed by atoms with Gasteiger partial charge in [0, 0.05) is 19.7 Å². The lowest BCUT2D eigenvalue weighted by Gasteiger charge is -2.17. The molecule has 1 aromatic rings. The van der Waals surface area contributed by atoms with Crippen molar-refractivity contribution in [2.45, 2.75) is 24.7 Å². The number of unbranched alkanes of at least 4 members (excludes halogenated alkanes) is 1. The van der Waals surface area contributed by atoms with Gasteiger partial charge in [0.1, 0.15) is 0 Å². The third-order valence-electron chi connectivity index (χ3n) is 2.81. The quantitative estimate of drug-likeness (QED) is 0.783. The molecular formula is C14H19NO4S. The summed E-state index contributed by atoms with van der Waals surface area (Å²) in [5.41, 5.74) is 0.539. The van der Waals surface area contributed by atoms with Crippen LogP contribution >= 0.6 is 0 Å². The first-order chi connectivity index (χ1) is 9.37. The van der Waals surface area contributed by atoms with Gasteiger partial charge in [-0.05, 0) is 30.2 Å². The van der Waals surface area contributed by atoms with Crippen molar-refractivity contribution in [3.8, 4) is 0 Å². The molecule has 0 aliphatic carbocycles. The van der Waals surface area contributed by atoms with Gasteiger partial charge in [-0.15, -0.1) is 0 Å². The average Bonchev–Trinajstić information content (AvgIpc) is 2.42. The van der Waals surface area contributed by atoms with Crippen molar-refractivity contribution in [2.24, 2.45) is 0 Å². The van der Waals surface area contributed by atoms with Gasteiger partial charge in [0.05, 0.1) is 4.90 Å². The zero-order valence-corrected chi connectivity index (χ0v) is 12.4. The second-order valence-corrected chi connectivity index (χ2v) is 6.47. The maximum absolute atomic E-state index is 12.3. The minimum absolute atomic E-state index is 0.170. The Bertz CT molecular complexity index is 593.